The number of carbonyl (C=O) groups excluding carboxylic acids is 2. The number of nitrogen functional groups attached to an aromatic ring is 1. The van der Waals surface area contributed by atoms with Gasteiger partial charge in [0.2, 0.25) is 12.8 Å². The first-order valence-corrected chi connectivity index (χ1v) is 29.6. The average molecular weight is 1240 g/mol. The summed E-state index contributed by atoms with van der Waals surface area (Å²) in [5.74, 6) is -3.53. The minimum Gasteiger partial charge on any atom is -0.486 e. The molecule has 3 aromatic heterocycles. The molecule has 25 heteroatoms. The lowest BCUT2D eigenvalue weighted by atomic mass is 9.92. The fourth-order valence-corrected chi connectivity index (χ4v) is 12.3. The smallest absolute Gasteiger partial charge is 0.417 e. The number of alkyl halides is 3. The van der Waals surface area contributed by atoms with Crippen LogP contribution in [0, 0.1) is 40.5 Å². The molecule has 88 heavy (non-hydrogen) atoms. The molecule has 12 rings (SSSR count). The number of hydrogen-bond acceptors (Lipinski definition) is 15. The van der Waals surface area contributed by atoms with E-state index in [2.05, 4.69) is 48.6 Å². The zero-order chi connectivity index (χ0) is 62.6. The van der Waals surface area contributed by atoms with Crippen molar-refractivity contribution in [3.05, 3.63) is 131 Å². The monoisotopic (exact) mass is 1240 g/mol. The van der Waals surface area contributed by atoms with Crippen LogP contribution in [0.25, 0.3) is 54.5 Å². The molecule has 4 aliphatic rings. The van der Waals surface area contributed by atoms with Gasteiger partial charge in [-0.3, -0.25) is 9.59 Å². The predicted octanol–water partition coefficient (Wildman–Crippen LogP) is 11.5. The summed E-state index contributed by atoms with van der Waals surface area (Å²) in [5.41, 5.74) is 7.02. The molecule has 17 nitrogen and oxygen atoms in total. The molecule has 0 aliphatic carbocycles. The number of nitrogens with one attached hydrogen (secondary N) is 2. The highest BCUT2D eigenvalue weighted by Crippen LogP contribution is 2.52. The number of carbonyl (C=O) groups is 2. The van der Waals surface area contributed by atoms with Gasteiger partial charge in [0.1, 0.15) is 52.4 Å². The minimum absolute atomic E-state index is 0.00313. The Labute approximate surface area is 506 Å². The first-order valence-electron chi connectivity index (χ1n) is 28.8. The molecule has 5 atom stereocenters. The summed E-state index contributed by atoms with van der Waals surface area (Å²) in [6.45, 7) is 11.0. The quantitative estimate of drug-likeness (QED) is 0.0402. The number of nitrogens with two attached hydrogens (primary N) is 1. The summed E-state index contributed by atoms with van der Waals surface area (Å²) in [7, 11) is 0. The second-order valence-electron chi connectivity index (χ2n) is 22.4. The number of aromatic nitrogens is 5. The molecule has 7 heterocycles. The van der Waals surface area contributed by atoms with Crippen molar-refractivity contribution in [2.45, 2.75) is 109 Å². The number of ether oxygens (including phenoxy) is 3. The second kappa shape index (κ2) is 26.9. The van der Waals surface area contributed by atoms with Gasteiger partial charge < -0.3 is 45.5 Å². The summed E-state index contributed by atoms with van der Waals surface area (Å²) in [6, 6.07) is 20.2. The maximum atomic E-state index is 15.7. The average Bonchev–Trinajstić information content (AvgIpc) is 1.22. The van der Waals surface area contributed by atoms with Gasteiger partial charge in [-0.1, -0.05) is 73.7 Å². The molecule has 8 aromatic rings. The molecule has 5 aromatic carbocycles. The molecule has 462 valence electrons. The van der Waals surface area contributed by atoms with Crippen LogP contribution in [0.3, 0.4) is 0 Å². The number of nitrogens with zero attached hydrogens (tertiary/aromatic N) is 8. The maximum Gasteiger partial charge on any atom is 0.417 e. The molecule has 5 N–H and O–H groups in total. The zero-order valence-electron chi connectivity index (χ0n) is 48.5. The van der Waals surface area contributed by atoms with E-state index in [9.17, 15) is 28.0 Å². The lowest BCUT2D eigenvalue weighted by Gasteiger charge is -2.31. The summed E-state index contributed by atoms with van der Waals surface area (Å²) >= 11 is 0.802. The van der Waals surface area contributed by atoms with E-state index in [0.29, 0.717) is 80.2 Å². The van der Waals surface area contributed by atoms with Crippen molar-refractivity contribution >= 4 is 56.0 Å². The second-order valence-corrected chi connectivity index (χ2v) is 23.5. The number of rotatable bonds is 16. The van der Waals surface area contributed by atoms with Crippen molar-refractivity contribution in [1.82, 2.24) is 40.5 Å². The number of nitriles is 1. The normalized spacial score (nSPS) is 18.2. The van der Waals surface area contributed by atoms with Crippen LogP contribution in [0.1, 0.15) is 94.1 Å². The first-order chi connectivity index (χ1) is 42.3. The van der Waals surface area contributed by atoms with Gasteiger partial charge in [0.25, 0.3) is 0 Å². The van der Waals surface area contributed by atoms with Crippen LogP contribution < -0.4 is 30.7 Å². The molecule has 2 amide bonds. The summed E-state index contributed by atoms with van der Waals surface area (Å²) < 4.78 is 123. The van der Waals surface area contributed by atoms with Crippen molar-refractivity contribution in [2.24, 2.45) is 5.92 Å². The number of likely N-dealkylation sites (tertiary alicyclic amines) is 1. The Morgan fingerprint density at radius 1 is 0.943 bits per heavy atom. The summed E-state index contributed by atoms with van der Waals surface area (Å²) in [5, 5.41) is 33.9. The third-order valence-electron chi connectivity index (χ3n) is 16.5. The van der Waals surface area contributed by atoms with Gasteiger partial charge in [0.15, 0.2) is 17.4 Å². The molecule has 4 fully saturated rings. The van der Waals surface area contributed by atoms with Crippen LogP contribution in [-0.4, -0.2) is 111 Å². The van der Waals surface area contributed by atoms with E-state index >= 15 is 17.6 Å². The zero-order valence-corrected chi connectivity index (χ0v) is 49.3. The van der Waals surface area contributed by atoms with Crippen LogP contribution in [0.5, 0.6) is 11.8 Å². The van der Waals surface area contributed by atoms with Crippen LogP contribution in [0.15, 0.2) is 85.1 Å². The molecule has 4 saturated heterocycles. The van der Waals surface area contributed by atoms with Crippen molar-refractivity contribution in [3.8, 4) is 51.3 Å². The lowest BCUT2D eigenvalue weighted by Crippen LogP contribution is -2.44. The number of hydrogen-bond donors (Lipinski definition) is 4. The highest BCUT2D eigenvalue weighted by atomic mass is 32.1. The molecule has 4 aliphatic heterocycles. The number of amides is 2. The Balaban J connectivity index is 0.000000242. The molecule has 2 bridgehead atoms. The number of fused-ring (bicyclic) bond motifs is 4. The topological polar surface area (TPSA) is 219 Å². The van der Waals surface area contributed by atoms with E-state index in [1.165, 1.54) is 43.2 Å². The van der Waals surface area contributed by atoms with E-state index < -0.39 is 52.2 Å². The molecular weight excluding hydrogens is 1170 g/mol. The Hall–Kier alpha value is -8.44. The van der Waals surface area contributed by atoms with Crippen LogP contribution in [0.4, 0.5) is 41.6 Å². The minimum atomic E-state index is -4.94. The molecular formula is C63H64F7N11O6S. The fourth-order valence-electron chi connectivity index (χ4n) is 11.3. The largest absolute Gasteiger partial charge is 0.486 e. The van der Waals surface area contributed by atoms with Gasteiger partial charge in [-0.05, 0) is 85.5 Å². The van der Waals surface area contributed by atoms with Crippen molar-refractivity contribution in [3.63, 3.8) is 0 Å². The summed E-state index contributed by atoms with van der Waals surface area (Å²) in [4.78, 5) is 34.0. The third kappa shape index (κ3) is 13.2. The Morgan fingerprint density at radius 3 is 2.27 bits per heavy atom. The number of thiophene rings is 1. The number of anilines is 2. The number of benzene rings is 5. The highest BCUT2D eigenvalue weighted by Gasteiger charge is 2.43. The fraction of sp³-hybridized carbons (Fsp3) is 0.381. The van der Waals surface area contributed by atoms with E-state index in [1.54, 1.807) is 0 Å². The van der Waals surface area contributed by atoms with E-state index in [4.69, 9.17) is 35.0 Å². The van der Waals surface area contributed by atoms with Gasteiger partial charge in [-0.15, -0.1) is 16.4 Å². The maximum absolute atomic E-state index is 15.7. The van der Waals surface area contributed by atoms with Gasteiger partial charge in [0, 0.05) is 72.5 Å². The van der Waals surface area contributed by atoms with Crippen LogP contribution in [-0.2, 0) is 27.1 Å². The molecule has 0 saturated carbocycles. The molecule has 0 radical (unpaired) electrons. The Morgan fingerprint density at radius 2 is 1.66 bits per heavy atom. The van der Waals surface area contributed by atoms with Crippen molar-refractivity contribution in [1.29, 1.82) is 5.26 Å². The van der Waals surface area contributed by atoms with Gasteiger partial charge in [-0.25, -0.2) is 22.2 Å². The van der Waals surface area contributed by atoms with E-state index in [1.807, 2.05) is 51.0 Å². The summed E-state index contributed by atoms with van der Waals surface area (Å²) in [6.07, 6.45) is 2.39. The standard InChI is InChI=1S/C42H41F4N9O3S.C15H12F3NO2.C6H11NO/c1-21(2)22(3)55-19-33(52-53-55)24-6-4-23(5-7-24)20-57-37-35(28-8-9-32(43)38-34(28)30(16-47)39(48)59-38)31(42(44,45)46)15-29-36(37)50-41(58-27-10-12-56-13-11-27)51-40(29)54-18-25-14-26(54)17-49-25;16-11-5-6-12(17)15(18)14(11)10-3-1-9(2-4-10)13(7-20)19-8-21;1-6-3-2-4-7(6)5-8/h4-9,15,19,21-22,25-27,49H,10-14,17-18,20,48H2,1-3H3;1-6,8,13,20H,7H2,(H,19,21);5-6H,2-4H2,1H3. The molecule has 0 spiro atoms. The third-order valence-corrected chi connectivity index (χ3v) is 17.6. The number of halogens is 7. The van der Waals surface area contributed by atoms with Crippen molar-refractivity contribution < 1.29 is 59.6 Å². The lowest BCUT2D eigenvalue weighted by molar-refractivity contribution is -0.137. The molecule has 5 unspecified atom stereocenters. The van der Waals surface area contributed by atoms with E-state index in [0.717, 1.165) is 60.5 Å². The van der Waals surface area contributed by atoms with Gasteiger partial charge >= 0.3 is 12.2 Å². The predicted molar refractivity (Wildman–Crippen MR) is 318 cm³/mol. The Bertz CT molecular complexity index is 3860. The van der Waals surface area contributed by atoms with Gasteiger partial charge in [-0.2, -0.15) is 28.4 Å². The number of aliphatic hydroxyl groups excluding tert-OH is 1. The Kier molecular flexibility index (Phi) is 19.1. The van der Waals surface area contributed by atoms with E-state index in [-0.39, 0.29) is 91.9 Å². The van der Waals surface area contributed by atoms with Crippen molar-refractivity contribution in [2.75, 3.05) is 50.1 Å². The van der Waals surface area contributed by atoms with Gasteiger partial charge in [0.05, 0.1) is 59.5 Å². The number of piperazine rings is 1. The highest BCUT2D eigenvalue weighted by molar-refractivity contribution is 7.23. The van der Waals surface area contributed by atoms with Crippen LogP contribution in [0.2, 0.25) is 0 Å². The van der Waals surface area contributed by atoms with Crippen LogP contribution >= 0.6 is 11.3 Å². The first kappa shape index (κ1) is 62.6. The number of aliphatic hydroxyl groups is 1. The SMILES string of the molecule is CC(C)C(C)n1cc(-c2ccc(COc3c(-c4ccc(F)c5sc(N)c(C#N)c45)c(C(F)(F)F)cc4c(N5CC6CC5CN6)nc(OC5CCOCC5)nc34)cc2)nn1.CC1CCCN1C=O.O=CNC(CO)c1ccc(-c2c(F)ccc(F)c2F)cc1.